The van der Waals surface area contributed by atoms with Gasteiger partial charge in [0.05, 0.1) is 6.67 Å². The van der Waals surface area contributed by atoms with Crippen LogP contribution in [0.3, 0.4) is 0 Å². The van der Waals surface area contributed by atoms with E-state index in [1.54, 1.807) is 26.0 Å². The van der Waals surface area contributed by atoms with E-state index in [0.29, 0.717) is 24.8 Å². The molecule has 0 radical (unpaired) electrons. The number of rotatable bonds is 13. The van der Waals surface area contributed by atoms with Crippen molar-refractivity contribution in [2.75, 3.05) is 6.67 Å². The molecule has 0 aliphatic rings. The standard InChI is InChI=1S/C25H30FNO6S/c1-16(8-5-7-13-27-25(31)32)21-15-20(28)22(24(30)33-21)23(29)17(2)14-19-11-10-18(34-19)9-4-3-6-12-26/h7,10-11,13-16,27-28H,3-6,8-9,12H2,1-2H3,(H,31,32)/b13-7+,17-14+. The Balaban J connectivity index is 2.06. The van der Waals surface area contributed by atoms with Crippen molar-refractivity contribution in [2.24, 2.45) is 0 Å². The first-order chi connectivity index (χ1) is 16.2. The molecule has 0 saturated heterocycles. The van der Waals surface area contributed by atoms with Gasteiger partial charge in [-0.05, 0) is 62.8 Å². The predicted molar refractivity (Wildman–Crippen MR) is 130 cm³/mol. The maximum absolute atomic E-state index is 12.8. The van der Waals surface area contributed by atoms with Crippen molar-refractivity contribution in [3.8, 4) is 5.75 Å². The third-order valence-electron chi connectivity index (χ3n) is 5.21. The Hall–Kier alpha value is -3.20. The summed E-state index contributed by atoms with van der Waals surface area (Å²) in [4.78, 5) is 37.7. The molecule has 2 heterocycles. The van der Waals surface area contributed by atoms with Crippen molar-refractivity contribution < 1.29 is 28.6 Å². The number of carbonyl (C=O) groups is 2. The number of ketones is 1. The van der Waals surface area contributed by atoms with Gasteiger partial charge in [0.1, 0.15) is 17.1 Å². The minimum absolute atomic E-state index is 0.233. The van der Waals surface area contributed by atoms with E-state index in [1.807, 2.05) is 12.1 Å². The molecule has 2 aromatic heterocycles. The number of hydrogen-bond donors (Lipinski definition) is 3. The van der Waals surface area contributed by atoms with Gasteiger partial charge in [0.25, 0.3) is 0 Å². The van der Waals surface area contributed by atoms with Crippen LogP contribution in [0.2, 0.25) is 0 Å². The van der Waals surface area contributed by atoms with Crippen LogP contribution >= 0.6 is 11.3 Å². The first kappa shape index (κ1) is 27.0. The van der Waals surface area contributed by atoms with Gasteiger partial charge in [-0.2, -0.15) is 0 Å². The molecule has 0 bridgehead atoms. The molecule has 34 heavy (non-hydrogen) atoms. The average Bonchev–Trinajstić information content (AvgIpc) is 3.22. The number of Topliss-reactive ketones (excluding diaryl/α,β-unsaturated/α-hetero) is 1. The van der Waals surface area contributed by atoms with Gasteiger partial charge in [-0.15, -0.1) is 11.3 Å². The number of alkyl halides is 1. The lowest BCUT2D eigenvalue weighted by molar-refractivity contribution is 0.102. The Kier molecular flexibility index (Phi) is 10.7. The van der Waals surface area contributed by atoms with Gasteiger partial charge in [-0.25, -0.2) is 9.59 Å². The van der Waals surface area contributed by atoms with E-state index >= 15 is 0 Å². The average molecular weight is 492 g/mol. The summed E-state index contributed by atoms with van der Waals surface area (Å²) in [7, 11) is 0. The van der Waals surface area contributed by atoms with E-state index in [1.165, 1.54) is 23.6 Å². The summed E-state index contributed by atoms with van der Waals surface area (Å²) in [6.45, 7) is 3.08. The van der Waals surface area contributed by atoms with E-state index in [0.717, 1.165) is 29.0 Å². The molecular formula is C25H30FNO6S. The lowest BCUT2D eigenvalue weighted by Gasteiger charge is -2.11. The van der Waals surface area contributed by atoms with Crippen LogP contribution in [0.25, 0.3) is 6.08 Å². The number of nitrogens with one attached hydrogen (secondary N) is 1. The second-order valence-corrected chi connectivity index (χ2v) is 9.19. The number of allylic oxidation sites excluding steroid dienone is 2. The number of carboxylic acid groups (broad SMARTS) is 1. The summed E-state index contributed by atoms with van der Waals surface area (Å²) >= 11 is 1.53. The molecular weight excluding hydrogens is 461 g/mol. The van der Waals surface area contributed by atoms with E-state index in [2.05, 4.69) is 5.32 Å². The molecule has 1 unspecified atom stereocenters. The smallest absolute Gasteiger partial charge is 0.408 e. The molecule has 2 aromatic rings. The summed E-state index contributed by atoms with van der Waals surface area (Å²) in [5.74, 6) is -1.02. The van der Waals surface area contributed by atoms with Crippen LogP contribution in [-0.4, -0.2) is 28.8 Å². The first-order valence-corrected chi connectivity index (χ1v) is 11.9. The van der Waals surface area contributed by atoms with Crippen molar-refractivity contribution in [2.45, 2.75) is 58.3 Å². The monoisotopic (exact) mass is 491 g/mol. The quantitative estimate of drug-likeness (QED) is 0.179. The molecule has 0 aromatic carbocycles. The molecule has 184 valence electrons. The van der Waals surface area contributed by atoms with Gasteiger partial charge in [-0.1, -0.05) is 19.4 Å². The van der Waals surface area contributed by atoms with E-state index in [-0.39, 0.29) is 18.4 Å². The molecule has 2 rings (SSSR count). The first-order valence-electron chi connectivity index (χ1n) is 11.1. The van der Waals surface area contributed by atoms with E-state index < -0.39 is 28.8 Å². The van der Waals surface area contributed by atoms with Gasteiger partial charge in [-0.3, -0.25) is 14.5 Å². The number of carbonyl (C=O) groups excluding carboxylic acids is 1. The molecule has 1 amide bonds. The molecule has 0 saturated carbocycles. The maximum atomic E-state index is 12.8. The number of thiophene rings is 1. The number of unbranched alkanes of at least 4 members (excludes halogenated alkanes) is 2. The highest BCUT2D eigenvalue weighted by molar-refractivity contribution is 7.12. The molecule has 9 heteroatoms. The predicted octanol–water partition coefficient (Wildman–Crippen LogP) is 6.04. The van der Waals surface area contributed by atoms with Gasteiger partial charge >= 0.3 is 11.7 Å². The van der Waals surface area contributed by atoms with Crippen molar-refractivity contribution in [1.82, 2.24) is 5.32 Å². The van der Waals surface area contributed by atoms with Gasteiger partial charge in [0.15, 0.2) is 5.78 Å². The fraction of sp³-hybridized carbons (Fsp3) is 0.400. The number of halogens is 1. The third-order valence-corrected chi connectivity index (χ3v) is 6.30. The fourth-order valence-corrected chi connectivity index (χ4v) is 4.36. The topological polar surface area (TPSA) is 117 Å². The number of aromatic hydroxyl groups is 1. The summed E-state index contributed by atoms with van der Waals surface area (Å²) in [6, 6.07) is 5.14. The second kappa shape index (κ2) is 13.5. The van der Waals surface area contributed by atoms with Crippen molar-refractivity contribution in [1.29, 1.82) is 0 Å². The van der Waals surface area contributed by atoms with Crippen molar-refractivity contribution >= 4 is 29.3 Å². The minimum Gasteiger partial charge on any atom is -0.507 e. The van der Waals surface area contributed by atoms with Crippen LogP contribution in [-0.2, 0) is 6.42 Å². The maximum Gasteiger partial charge on any atom is 0.408 e. The number of hydrogen-bond acceptors (Lipinski definition) is 6. The lowest BCUT2D eigenvalue weighted by Crippen LogP contribution is -2.16. The molecule has 1 atom stereocenters. The zero-order chi connectivity index (χ0) is 25.1. The van der Waals surface area contributed by atoms with Crippen LogP contribution in [0.4, 0.5) is 9.18 Å². The summed E-state index contributed by atoms with van der Waals surface area (Å²) in [6.07, 6.45) is 7.67. The number of aryl methyl sites for hydroxylation is 1. The van der Waals surface area contributed by atoms with E-state index in [9.17, 15) is 23.9 Å². The summed E-state index contributed by atoms with van der Waals surface area (Å²) in [5.41, 5.74) is -1.01. The Morgan fingerprint density at radius 3 is 2.71 bits per heavy atom. The van der Waals surface area contributed by atoms with Crippen molar-refractivity contribution in [3.05, 3.63) is 67.5 Å². The van der Waals surface area contributed by atoms with Crippen molar-refractivity contribution in [3.63, 3.8) is 0 Å². The third kappa shape index (κ3) is 8.30. The largest absolute Gasteiger partial charge is 0.507 e. The highest BCUT2D eigenvalue weighted by atomic mass is 32.1. The fourth-order valence-electron chi connectivity index (χ4n) is 3.31. The highest BCUT2D eigenvalue weighted by Crippen LogP contribution is 2.27. The molecule has 0 fully saturated rings. The Morgan fingerprint density at radius 2 is 2.03 bits per heavy atom. The molecule has 7 nitrogen and oxygen atoms in total. The van der Waals surface area contributed by atoms with Crippen LogP contribution < -0.4 is 10.9 Å². The van der Waals surface area contributed by atoms with Crippen LogP contribution in [0.5, 0.6) is 5.75 Å². The minimum atomic E-state index is -1.16. The zero-order valence-electron chi connectivity index (χ0n) is 19.3. The molecule has 0 aliphatic heterocycles. The Morgan fingerprint density at radius 1 is 1.26 bits per heavy atom. The lowest BCUT2D eigenvalue weighted by atomic mass is 10.00. The highest BCUT2D eigenvalue weighted by Gasteiger charge is 2.22. The Labute approximate surface area is 201 Å². The summed E-state index contributed by atoms with van der Waals surface area (Å²) < 4.78 is 17.5. The normalized spacial score (nSPS) is 12.7. The second-order valence-electron chi connectivity index (χ2n) is 7.99. The van der Waals surface area contributed by atoms with Crippen LogP contribution in [0.15, 0.2) is 45.3 Å². The summed E-state index contributed by atoms with van der Waals surface area (Å²) in [5, 5.41) is 21.0. The molecule has 0 aliphatic carbocycles. The number of amides is 1. The zero-order valence-corrected chi connectivity index (χ0v) is 20.1. The van der Waals surface area contributed by atoms with E-state index in [4.69, 9.17) is 9.52 Å². The van der Waals surface area contributed by atoms with Gasteiger partial charge in [0, 0.05) is 27.9 Å². The van der Waals surface area contributed by atoms with Gasteiger partial charge < -0.3 is 14.6 Å². The molecule has 3 N–H and O–H groups in total. The van der Waals surface area contributed by atoms with Crippen LogP contribution in [0.1, 0.15) is 77.7 Å². The SMILES string of the molecule is C/C(=C\c1ccc(CCCCCF)s1)C(=O)c1c(O)cc(C(C)CC/C=C/NC(=O)O)oc1=O. The van der Waals surface area contributed by atoms with Crippen LogP contribution in [0, 0.1) is 0 Å². The van der Waals surface area contributed by atoms with Gasteiger partial charge in [0.2, 0.25) is 0 Å². The Bertz CT molecular complexity index is 1100. The molecule has 0 spiro atoms.